The van der Waals surface area contributed by atoms with Crippen LogP contribution >= 0.6 is 11.6 Å². The SMILES string of the molecule is CCC1CCCC(c2n[nH]c(CCl)n2)C1. The Morgan fingerprint density at radius 3 is 3.00 bits per heavy atom. The van der Waals surface area contributed by atoms with E-state index in [9.17, 15) is 0 Å². The van der Waals surface area contributed by atoms with Gasteiger partial charge in [-0.2, -0.15) is 5.10 Å². The fraction of sp³-hybridized carbons (Fsp3) is 0.818. The lowest BCUT2D eigenvalue weighted by atomic mass is 9.80. The predicted molar refractivity (Wildman–Crippen MR) is 60.9 cm³/mol. The maximum atomic E-state index is 5.70. The maximum Gasteiger partial charge on any atom is 0.153 e. The zero-order chi connectivity index (χ0) is 10.7. The molecule has 15 heavy (non-hydrogen) atoms. The van der Waals surface area contributed by atoms with Crippen molar-refractivity contribution in [2.75, 3.05) is 0 Å². The van der Waals surface area contributed by atoms with Gasteiger partial charge in [0.1, 0.15) is 5.82 Å². The minimum absolute atomic E-state index is 0.428. The number of halogens is 1. The van der Waals surface area contributed by atoms with E-state index in [0.29, 0.717) is 11.8 Å². The molecule has 1 saturated carbocycles. The van der Waals surface area contributed by atoms with Crippen molar-refractivity contribution in [3.63, 3.8) is 0 Å². The number of alkyl halides is 1. The molecule has 1 aromatic heterocycles. The quantitative estimate of drug-likeness (QED) is 0.806. The molecule has 0 aromatic carbocycles. The van der Waals surface area contributed by atoms with Crippen molar-refractivity contribution < 1.29 is 0 Å². The summed E-state index contributed by atoms with van der Waals surface area (Å²) in [6.45, 7) is 2.27. The number of aromatic nitrogens is 3. The van der Waals surface area contributed by atoms with Gasteiger partial charge in [0.15, 0.2) is 5.82 Å². The molecule has 1 N–H and O–H groups in total. The Morgan fingerprint density at radius 1 is 1.47 bits per heavy atom. The number of hydrogen-bond acceptors (Lipinski definition) is 2. The van der Waals surface area contributed by atoms with Gasteiger partial charge in [-0.15, -0.1) is 11.6 Å². The van der Waals surface area contributed by atoms with E-state index in [4.69, 9.17) is 11.6 Å². The first-order valence-electron chi connectivity index (χ1n) is 5.80. The number of rotatable bonds is 3. The van der Waals surface area contributed by atoms with Gasteiger partial charge in [-0.05, 0) is 18.8 Å². The molecule has 0 radical (unpaired) electrons. The number of nitrogens with zero attached hydrogens (tertiary/aromatic N) is 2. The third-order valence-electron chi connectivity index (χ3n) is 3.40. The summed E-state index contributed by atoms with van der Waals surface area (Å²) in [5.74, 6) is 3.62. The molecule has 2 atom stereocenters. The van der Waals surface area contributed by atoms with Gasteiger partial charge in [0.05, 0.1) is 5.88 Å². The molecule has 0 spiro atoms. The van der Waals surface area contributed by atoms with Crippen LogP contribution in [0.3, 0.4) is 0 Å². The summed E-state index contributed by atoms with van der Waals surface area (Å²) in [6, 6.07) is 0. The smallest absolute Gasteiger partial charge is 0.153 e. The predicted octanol–water partition coefficient (Wildman–Crippen LogP) is 3.23. The summed E-state index contributed by atoms with van der Waals surface area (Å²) in [6.07, 6.45) is 6.45. The fourth-order valence-corrected chi connectivity index (χ4v) is 2.57. The van der Waals surface area contributed by atoms with E-state index in [1.54, 1.807) is 0 Å². The first-order chi connectivity index (χ1) is 7.33. The minimum atomic E-state index is 0.428. The Hall–Kier alpha value is -0.570. The van der Waals surface area contributed by atoms with E-state index < -0.39 is 0 Å². The Bertz CT molecular complexity index is 311. The third-order valence-corrected chi connectivity index (χ3v) is 3.65. The van der Waals surface area contributed by atoms with Crippen LogP contribution in [0.5, 0.6) is 0 Å². The van der Waals surface area contributed by atoms with Gasteiger partial charge in [-0.1, -0.05) is 26.2 Å². The first-order valence-corrected chi connectivity index (χ1v) is 6.34. The molecule has 1 aliphatic carbocycles. The number of nitrogens with one attached hydrogen (secondary N) is 1. The minimum Gasteiger partial charge on any atom is -0.262 e. The van der Waals surface area contributed by atoms with Crippen molar-refractivity contribution in [3.8, 4) is 0 Å². The highest BCUT2D eigenvalue weighted by Crippen LogP contribution is 2.35. The van der Waals surface area contributed by atoms with Crippen LogP contribution in [0, 0.1) is 5.92 Å². The lowest BCUT2D eigenvalue weighted by Gasteiger charge is -2.26. The average Bonchev–Trinajstić information content (AvgIpc) is 2.78. The highest BCUT2D eigenvalue weighted by atomic mass is 35.5. The van der Waals surface area contributed by atoms with Crippen molar-refractivity contribution in [1.29, 1.82) is 0 Å². The third kappa shape index (κ3) is 2.51. The van der Waals surface area contributed by atoms with Crippen molar-refractivity contribution >= 4 is 11.6 Å². The summed E-state index contributed by atoms with van der Waals surface area (Å²) < 4.78 is 0. The molecule has 0 bridgehead atoms. The Labute approximate surface area is 95.6 Å². The molecular formula is C11H18ClN3. The molecule has 4 heteroatoms. The molecule has 1 aromatic rings. The molecule has 2 unspecified atom stereocenters. The molecule has 0 saturated heterocycles. The second-order valence-corrected chi connectivity index (χ2v) is 4.68. The number of H-pyrrole nitrogens is 1. The van der Waals surface area contributed by atoms with Crippen molar-refractivity contribution in [1.82, 2.24) is 15.2 Å². The normalized spacial score (nSPS) is 26.8. The fourth-order valence-electron chi connectivity index (χ4n) is 2.45. The molecule has 3 nitrogen and oxygen atoms in total. The molecule has 1 fully saturated rings. The topological polar surface area (TPSA) is 41.6 Å². The van der Waals surface area contributed by atoms with Crippen LogP contribution in [0.2, 0.25) is 0 Å². The van der Waals surface area contributed by atoms with Crippen molar-refractivity contribution in [3.05, 3.63) is 11.6 Å². The summed E-state index contributed by atoms with van der Waals surface area (Å²) >= 11 is 5.70. The molecule has 1 heterocycles. The van der Waals surface area contributed by atoms with Gasteiger partial charge in [-0.25, -0.2) is 4.98 Å². The van der Waals surface area contributed by atoms with Crippen LogP contribution < -0.4 is 0 Å². The van der Waals surface area contributed by atoms with E-state index in [1.165, 1.54) is 32.1 Å². The maximum absolute atomic E-state index is 5.70. The second kappa shape index (κ2) is 4.97. The van der Waals surface area contributed by atoms with Crippen LogP contribution in [-0.2, 0) is 5.88 Å². The molecule has 0 aliphatic heterocycles. The highest BCUT2D eigenvalue weighted by molar-refractivity contribution is 6.16. The van der Waals surface area contributed by atoms with E-state index in [1.807, 2.05) is 0 Å². The average molecular weight is 228 g/mol. The van der Waals surface area contributed by atoms with E-state index in [-0.39, 0.29) is 0 Å². The van der Waals surface area contributed by atoms with Crippen LogP contribution in [0.4, 0.5) is 0 Å². The van der Waals surface area contributed by atoms with Crippen molar-refractivity contribution in [2.45, 2.75) is 50.8 Å². The van der Waals surface area contributed by atoms with E-state index in [0.717, 1.165) is 17.6 Å². The van der Waals surface area contributed by atoms with Crippen LogP contribution in [0.25, 0.3) is 0 Å². The summed E-state index contributed by atoms with van der Waals surface area (Å²) in [5.41, 5.74) is 0. The standard InChI is InChI=1S/C11H18ClN3/c1-2-8-4-3-5-9(6-8)11-13-10(7-12)14-15-11/h8-9H,2-7H2,1H3,(H,13,14,15). The zero-order valence-corrected chi connectivity index (χ0v) is 9.93. The lowest BCUT2D eigenvalue weighted by Crippen LogP contribution is -2.14. The summed E-state index contributed by atoms with van der Waals surface area (Å²) in [4.78, 5) is 4.42. The second-order valence-electron chi connectivity index (χ2n) is 4.41. The van der Waals surface area contributed by atoms with E-state index in [2.05, 4.69) is 22.1 Å². The van der Waals surface area contributed by atoms with Gasteiger partial charge < -0.3 is 0 Å². The number of hydrogen-bond donors (Lipinski definition) is 1. The van der Waals surface area contributed by atoms with Crippen LogP contribution in [0.15, 0.2) is 0 Å². The Morgan fingerprint density at radius 2 is 2.33 bits per heavy atom. The van der Waals surface area contributed by atoms with Crippen molar-refractivity contribution in [2.24, 2.45) is 5.92 Å². The summed E-state index contributed by atoms with van der Waals surface area (Å²) in [5, 5.41) is 7.15. The zero-order valence-electron chi connectivity index (χ0n) is 9.17. The van der Waals surface area contributed by atoms with Gasteiger partial charge in [0.25, 0.3) is 0 Å². The highest BCUT2D eigenvalue weighted by Gasteiger charge is 2.24. The van der Waals surface area contributed by atoms with Crippen LogP contribution in [-0.4, -0.2) is 15.2 Å². The Kier molecular flexibility index (Phi) is 3.62. The van der Waals surface area contributed by atoms with Gasteiger partial charge in [0.2, 0.25) is 0 Å². The molecule has 0 amide bonds. The van der Waals surface area contributed by atoms with Gasteiger partial charge >= 0.3 is 0 Å². The molecule has 2 rings (SSSR count). The van der Waals surface area contributed by atoms with Gasteiger partial charge in [-0.3, -0.25) is 5.10 Å². The molecule has 84 valence electrons. The molecule has 1 aliphatic rings. The lowest BCUT2D eigenvalue weighted by molar-refractivity contribution is 0.307. The first kappa shape index (κ1) is 10.9. The number of aromatic amines is 1. The molecular weight excluding hydrogens is 210 g/mol. The van der Waals surface area contributed by atoms with Crippen LogP contribution in [0.1, 0.15) is 56.6 Å². The monoisotopic (exact) mass is 227 g/mol. The van der Waals surface area contributed by atoms with Gasteiger partial charge in [0, 0.05) is 5.92 Å². The van der Waals surface area contributed by atoms with E-state index >= 15 is 0 Å². The Balaban J connectivity index is 2.03. The summed E-state index contributed by atoms with van der Waals surface area (Å²) in [7, 11) is 0. The largest absolute Gasteiger partial charge is 0.262 e.